The number of aromatic amines is 1. The first kappa shape index (κ1) is 22.6. The van der Waals surface area contributed by atoms with Crippen molar-refractivity contribution in [2.24, 2.45) is 0 Å². The summed E-state index contributed by atoms with van der Waals surface area (Å²) in [6.45, 7) is 0.784. The van der Waals surface area contributed by atoms with E-state index in [9.17, 15) is 22.8 Å². The highest BCUT2D eigenvalue weighted by atomic mass is 35.5. The van der Waals surface area contributed by atoms with E-state index < -0.39 is 32.6 Å². The van der Waals surface area contributed by atoms with Crippen LogP contribution in [0.25, 0.3) is 16.6 Å². The molecule has 0 bridgehead atoms. The summed E-state index contributed by atoms with van der Waals surface area (Å²) in [5.41, 5.74) is 2.33. The Hall–Kier alpha value is -3.21. The van der Waals surface area contributed by atoms with Crippen molar-refractivity contribution in [3.05, 3.63) is 84.8 Å². The molecule has 0 unspecified atom stereocenters. The van der Waals surface area contributed by atoms with Crippen molar-refractivity contribution in [2.45, 2.75) is 17.1 Å². The van der Waals surface area contributed by atoms with Gasteiger partial charge in [0.15, 0.2) is 15.6 Å². The minimum Gasteiger partial charge on any atom is -0.384 e. The zero-order valence-electron chi connectivity index (χ0n) is 17.6. The highest BCUT2D eigenvalue weighted by molar-refractivity contribution is 7.94. The van der Waals surface area contributed by atoms with Crippen molar-refractivity contribution in [3.8, 4) is 5.69 Å². The van der Waals surface area contributed by atoms with Crippen LogP contribution in [0, 0.1) is 0 Å². The number of benzene rings is 2. The maximum Gasteiger partial charge on any atom is 0.333 e. The molecule has 2 aromatic heterocycles. The molecule has 2 N–H and O–H groups in total. The van der Waals surface area contributed by atoms with Gasteiger partial charge in [0.25, 0.3) is 5.56 Å². The first-order valence-corrected chi connectivity index (χ1v) is 13.2. The number of aromatic nitrogens is 2. The SMILES string of the molecule is O=C(Cc1ccc(-n2c(=O)[nH]c3cc4c(cc3c2=O)CCN4)cc1)CS(=O)(=O)c1ccc(Cl)s1. The van der Waals surface area contributed by atoms with E-state index in [1.165, 1.54) is 12.1 Å². The molecule has 34 heavy (non-hydrogen) atoms. The normalized spacial score (nSPS) is 13.1. The number of H-pyrrole nitrogens is 1. The first-order chi connectivity index (χ1) is 16.2. The molecule has 0 spiro atoms. The second-order valence-corrected chi connectivity index (χ2v) is 11.9. The van der Waals surface area contributed by atoms with Crippen molar-refractivity contribution in [3.63, 3.8) is 0 Å². The Labute approximate surface area is 202 Å². The van der Waals surface area contributed by atoms with Crippen LogP contribution in [0.5, 0.6) is 0 Å². The molecule has 0 radical (unpaired) electrons. The Balaban J connectivity index is 1.39. The molecule has 1 aliphatic rings. The molecule has 0 saturated heterocycles. The minimum atomic E-state index is -3.76. The Kier molecular flexibility index (Phi) is 5.67. The number of thiophene rings is 1. The van der Waals surface area contributed by atoms with Crippen LogP contribution in [-0.4, -0.2) is 36.0 Å². The van der Waals surface area contributed by atoms with Crippen LogP contribution in [-0.2, 0) is 27.5 Å². The van der Waals surface area contributed by atoms with Gasteiger partial charge in [0.1, 0.15) is 9.96 Å². The molecule has 3 heterocycles. The third kappa shape index (κ3) is 4.20. The first-order valence-electron chi connectivity index (χ1n) is 10.4. The maximum atomic E-state index is 13.1. The Morgan fingerprint density at radius 1 is 1.09 bits per heavy atom. The zero-order valence-corrected chi connectivity index (χ0v) is 20.0. The largest absolute Gasteiger partial charge is 0.384 e. The van der Waals surface area contributed by atoms with Gasteiger partial charge in [-0.05, 0) is 53.9 Å². The van der Waals surface area contributed by atoms with Crippen LogP contribution in [0.15, 0.2) is 62.3 Å². The number of fused-ring (bicyclic) bond motifs is 2. The third-order valence-corrected chi connectivity index (χ3v) is 9.12. The number of rotatable bonds is 6. The van der Waals surface area contributed by atoms with E-state index in [4.69, 9.17) is 11.6 Å². The standard InChI is InChI=1S/C23H18ClN3O5S2/c24-20-5-6-21(33-20)34(31,32)12-16(28)9-13-1-3-15(4-2-13)27-22(29)17-10-14-7-8-25-18(14)11-19(17)26-23(27)30/h1-6,10-11,25H,7-9,12H2,(H,26,30). The second-order valence-electron chi connectivity index (χ2n) is 8.00. The summed E-state index contributed by atoms with van der Waals surface area (Å²) in [4.78, 5) is 40.9. The van der Waals surface area contributed by atoms with E-state index in [2.05, 4.69) is 10.3 Å². The van der Waals surface area contributed by atoms with Crippen LogP contribution in [0.2, 0.25) is 4.34 Å². The van der Waals surface area contributed by atoms with Gasteiger partial charge in [0.05, 0.1) is 20.9 Å². The van der Waals surface area contributed by atoms with Crippen molar-refractivity contribution in [1.82, 2.24) is 9.55 Å². The molecule has 1 aliphatic heterocycles. The predicted molar refractivity (Wildman–Crippen MR) is 132 cm³/mol. The Morgan fingerprint density at radius 2 is 1.85 bits per heavy atom. The lowest BCUT2D eigenvalue weighted by molar-refractivity contribution is -0.116. The van der Waals surface area contributed by atoms with Gasteiger partial charge in [0.2, 0.25) is 0 Å². The second kappa shape index (κ2) is 8.53. The molecular weight excluding hydrogens is 498 g/mol. The number of halogens is 1. The lowest BCUT2D eigenvalue weighted by Crippen LogP contribution is -2.33. The number of carbonyl (C=O) groups excluding carboxylic acids is 1. The van der Waals surface area contributed by atoms with Crippen LogP contribution in [0.1, 0.15) is 11.1 Å². The van der Waals surface area contributed by atoms with Crippen LogP contribution in [0.4, 0.5) is 5.69 Å². The number of sulfone groups is 1. The number of Topliss-reactive ketones (excluding diaryl/α,β-unsaturated/α-hetero) is 1. The van der Waals surface area contributed by atoms with Crippen molar-refractivity contribution in [2.75, 3.05) is 17.6 Å². The molecular formula is C23H18ClN3O5S2. The number of carbonyl (C=O) groups is 1. The topological polar surface area (TPSA) is 118 Å². The van der Waals surface area contributed by atoms with Gasteiger partial charge in [-0.15, -0.1) is 11.3 Å². The summed E-state index contributed by atoms with van der Waals surface area (Å²) in [6.07, 6.45) is 0.711. The van der Waals surface area contributed by atoms with Crippen molar-refractivity contribution in [1.29, 1.82) is 0 Å². The van der Waals surface area contributed by atoms with E-state index in [-0.39, 0.29) is 10.6 Å². The van der Waals surface area contributed by atoms with Gasteiger partial charge in [-0.25, -0.2) is 17.8 Å². The summed E-state index contributed by atoms with van der Waals surface area (Å²) < 4.78 is 26.2. The smallest absolute Gasteiger partial charge is 0.333 e. The third-order valence-electron chi connectivity index (χ3n) is 5.63. The molecule has 0 amide bonds. The van der Waals surface area contributed by atoms with Crippen molar-refractivity contribution < 1.29 is 13.2 Å². The van der Waals surface area contributed by atoms with Gasteiger partial charge >= 0.3 is 5.69 Å². The summed E-state index contributed by atoms with van der Waals surface area (Å²) >= 11 is 6.70. The lowest BCUT2D eigenvalue weighted by Gasteiger charge is -2.09. The van der Waals surface area contributed by atoms with Crippen LogP contribution >= 0.6 is 22.9 Å². The molecule has 174 valence electrons. The highest BCUT2D eigenvalue weighted by Crippen LogP contribution is 2.27. The fraction of sp³-hybridized carbons (Fsp3) is 0.174. The molecule has 0 saturated carbocycles. The summed E-state index contributed by atoms with van der Waals surface area (Å²) in [6, 6.07) is 12.8. The van der Waals surface area contributed by atoms with E-state index >= 15 is 0 Å². The fourth-order valence-corrected chi connectivity index (χ4v) is 6.85. The summed E-state index contributed by atoms with van der Waals surface area (Å²) in [5, 5.41) is 3.64. The van der Waals surface area contributed by atoms with E-state index in [0.29, 0.717) is 26.5 Å². The highest BCUT2D eigenvalue weighted by Gasteiger charge is 2.21. The molecule has 5 rings (SSSR count). The van der Waals surface area contributed by atoms with Crippen LogP contribution in [0.3, 0.4) is 0 Å². The van der Waals surface area contributed by atoms with E-state index in [0.717, 1.165) is 40.1 Å². The van der Waals surface area contributed by atoms with Crippen LogP contribution < -0.4 is 16.6 Å². The number of anilines is 1. The number of hydrogen-bond acceptors (Lipinski definition) is 7. The van der Waals surface area contributed by atoms with Gasteiger partial charge < -0.3 is 10.3 Å². The fourth-order valence-electron chi connectivity index (χ4n) is 4.04. The monoisotopic (exact) mass is 515 g/mol. The molecule has 0 aliphatic carbocycles. The molecule has 2 aromatic carbocycles. The minimum absolute atomic E-state index is 0.0533. The molecule has 11 heteroatoms. The number of nitrogens with one attached hydrogen (secondary N) is 2. The van der Waals surface area contributed by atoms with E-state index in [1.807, 2.05) is 0 Å². The average molecular weight is 516 g/mol. The summed E-state index contributed by atoms with van der Waals surface area (Å²) in [5.74, 6) is -1.10. The van der Waals surface area contributed by atoms with Gasteiger partial charge in [-0.2, -0.15) is 0 Å². The number of ketones is 1. The molecule has 8 nitrogen and oxygen atoms in total. The molecule has 4 aromatic rings. The molecule has 0 atom stereocenters. The van der Waals surface area contributed by atoms with E-state index in [1.54, 1.807) is 36.4 Å². The average Bonchev–Trinajstić information content (AvgIpc) is 3.42. The number of nitrogens with zero attached hydrogens (tertiary/aromatic N) is 1. The summed E-state index contributed by atoms with van der Waals surface area (Å²) in [7, 11) is -3.76. The van der Waals surface area contributed by atoms with Crippen molar-refractivity contribution >= 4 is 55.1 Å². The zero-order chi connectivity index (χ0) is 24.0. The number of hydrogen-bond donors (Lipinski definition) is 2. The maximum absolute atomic E-state index is 13.1. The van der Waals surface area contributed by atoms with Gasteiger partial charge in [-0.1, -0.05) is 23.7 Å². The molecule has 0 fully saturated rings. The Bertz CT molecular complexity index is 1670. The predicted octanol–water partition coefficient (Wildman–Crippen LogP) is 2.95. The Morgan fingerprint density at radius 3 is 2.56 bits per heavy atom. The van der Waals surface area contributed by atoms with Gasteiger partial charge in [-0.3, -0.25) is 9.59 Å². The van der Waals surface area contributed by atoms with Gasteiger partial charge in [0, 0.05) is 18.7 Å². The quantitative estimate of drug-likeness (QED) is 0.407. The lowest BCUT2D eigenvalue weighted by atomic mass is 10.1.